The van der Waals surface area contributed by atoms with E-state index in [0.29, 0.717) is 11.4 Å². The molecular formula is C20H20N4. The molecule has 0 aliphatic carbocycles. The summed E-state index contributed by atoms with van der Waals surface area (Å²) >= 11 is 0. The van der Waals surface area contributed by atoms with Crippen molar-refractivity contribution in [2.75, 3.05) is 16.8 Å². The number of hydrogen-bond acceptors (Lipinski definition) is 2. The molecule has 1 aliphatic heterocycles. The van der Waals surface area contributed by atoms with Gasteiger partial charge in [-0.25, -0.2) is 9.69 Å². The maximum Gasteiger partial charge on any atom is 0.202 e. The van der Waals surface area contributed by atoms with Gasteiger partial charge in [-0.15, -0.1) is 0 Å². The van der Waals surface area contributed by atoms with Crippen molar-refractivity contribution in [2.24, 2.45) is 0 Å². The molecule has 0 spiro atoms. The molecule has 2 aromatic rings. The molecule has 0 aromatic heterocycles. The van der Waals surface area contributed by atoms with Gasteiger partial charge in [0.05, 0.1) is 18.8 Å². The number of rotatable bonds is 1. The highest BCUT2D eigenvalue weighted by molar-refractivity contribution is 5.96. The third-order valence-electron chi connectivity index (χ3n) is 4.74. The number of benzene rings is 2. The lowest BCUT2D eigenvalue weighted by atomic mass is 10.0. The van der Waals surface area contributed by atoms with E-state index in [2.05, 4.69) is 59.3 Å². The van der Waals surface area contributed by atoms with Gasteiger partial charge in [0.15, 0.2) is 5.69 Å². The van der Waals surface area contributed by atoms with Crippen LogP contribution < -0.4 is 9.80 Å². The molecule has 0 amide bonds. The Morgan fingerprint density at radius 3 is 2.08 bits per heavy atom. The molecule has 4 nitrogen and oxygen atoms in total. The van der Waals surface area contributed by atoms with Crippen LogP contribution in [0.1, 0.15) is 23.6 Å². The summed E-state index contributed by atoms with van der Waals surface area (Å²) in [6, 6.07) is 7.93. The Morgan fingerprint density at radius 1 is 0.917 bits per heavy atom. The first-order valence-corrected chi connectivity index (χ1v) is 7.92. The van der Waals surface area contributed by atoms with E-state index >= 15 is 0 Å². The first-order chi connectivity index (χ1) is 11.4. The second-order valence-electron chi connectivity index (χ2n) is 6.42. The molecule has 24 heavy (non-hydrogen) atoms. The van der Waals surface area contributed by atoms with Crippen LogP contribution in [0.3, 0.4) is 0 Å². The van der Waals surface area contributed by atoms with E-state index in [1.807, 2.05) is 13.1 Å². The molecule has 0 saturated heterocycles. The van der Waals surface area contributed by atoms with Crippen LogP contribution in [0.25, 0.3) is 9.69 Å². The van der Waals surface area contributed by atoms with E-state index in [-0.39, 0.29) is 6.17 Å². The molecule has 4 heteroatoms. The number of anilines is 3. The molecule has 2 aromatic carbocycles. The number of nitrogens with zero attached hydrogens (tertiary/aromatic N) is 4. The fourth-order valence-electron chi connectivity index (χ4n) is 3.67. The average molecular weight is 316 g/mol. The van der Waals surface area contributed by atoms with Crippen molar-refractivity contribution in [3.05, 3.63) is 63.8 Å². The third-order valence-corrected chi connectivity index (χ3v) is 4.74. The summed E-state index contributed by atoms with van der Waals surface area (Å²) in [5.74, 6) is 0. The van der Waals surface area contributed by atoms with Gasteiger partial charge in [0.1, 0.15) is 6.17 Å². The van der Waals surface area contributed by atoms with E-state index in [1.54, 1.807) is 6.07 Å². The summed E-state index contributed by atoms with van der Waals surface area (Å²) in [4.78, 5) is 11.6. The fraction of sp³-hybridized carbons (Fsp3) is 0.300. The Hall–Kier alpha value is -2.98. The zero-order valence-electron chi connectivity index (χ0n) is 14.7. The molecule has 0 fully saturated rings. The second-order valence-corrected chi connectivity index (χ2v) is 6.42. The third kappa shape index (κ3) is 2.20. The molecular weight excluding hydrogens is 296 g/mol. The molecule has 0 radical (unpaired) electrons. The van der Waals surface area contributed by atoms with Gasteiger partial charge < -0.3 is 9.80 Å². The zero-order chi connectivity index (χ0) is 17.6. The van der Waals surface area contributed by atoms with Crippen LogP contribution >= 0.6 is 0 Å². The van der Waals surface area contributed by atoms with Gasteiger partial charge in [0.2, 0.25) is 5.69 Å². The lowest BCUT2D eigenvalue weighted by Gasteiger charge is -2.31. The Morgan fingerprint density at radius 2 is 1.54 bits per heavy atom. The predicted octanol–water partition coefficient (Wildman–Crippen LogP) is 5.65. The van der Waals surface area contributed by atoms with E-state index < -0.39 is 0 Å². The van der Waals surface area contributed by atoms with Gasteiger partial charge in [0.25, 0.3) is 0 Å². The van der Waals surface area contributed by atoms with Crippen LogP contribution in [0.2, 0.25) is 0 Å². The molecule has 1 aliphatic rings. The Kier molecular flexibility index (Phi) is 3.70. The highest BCUT2D eigenvalue weighted by atomic mass is 15.4. The Bertz CT molecular complexity index is 891. The molecule has 1 heterocycles. The highest BCUT2D eigenvalue weighted by Crippen LogP contribution is 2.52. The summed E-state index contributed by atoms with van der Waals surface area (Å²) in [5, 5.41) is 0. The Balaban J connectivity index is 2.32. The molecule has 120 valence electrons. The monoisotopic (exact) mass is 316 g/mol. The van der Waals surface area contributed by atoms with Crippen molar-refractivity contribution in [3.8, 4) is 0 Å². The van der Waals surface area contributed by atoms with E-state index in [0.717, 1.165) is 17.1 Å². The minimum atomic E-state index is 0.0848. The topological polar surface area (TPSA) is 15.2 Å². The highest BCUT2D eigenvalue weighted by Gasteiger charge is 2.35. The van der Waals surface area contributed by atoms with Gasteiger partial charge in [0, 0.05) is 18.4 Å². The van der Waals surface area contributed by atoms with Crippen LogP contribution in [0.5, 0.6) is 0 Å². The molecule has 0 N–H and O–H groups in total. The molecule has 1 atom stereocenters. The van der Waals surface area contributed by atoms with Gasteiger partial charge >= 0.3 is 0 Å². The summed E-state index contributed by atoms with van der Waals surface area (Å²) in [5.41, 5.74) is 7.69. The predicted molar refractivity (Wildman–Crippen MR) is 99.6 cm³/mol. The van der Waals surface area contributed by atoms with E-state index in [9.17, 15) is 0 Å². The largest absolute Gasteiger partial charge is 0.355 e. The standard InChI is InChI=1S/C20H20N4/c1-12-8-13(2)19(14(3)9-12)24-15(4)23(7)18-11-16(21-5)10-17(22-6)20(18)24/h8-11,15H,1-4,7H3/t15-/m0/s1. The normalized spacial score (nSPS) is 15.9. The second kappa shape index (κ2) is 5.58. The van der Waals surface area contributed by atoms with Gasteiger partial charge in [-0.2, -0.15) is 0 Å². The quantitative estimate of drug-likeness (QED) is 0.632. The van der Waals surface area contributed by atoms with Gasteiger partial charge in [-0.05, 0) is 51.0 Å². The van der Waals surface area contributed by atoms with Crippen LogP contribution in [-0.4, -0.2) is 13.2 Å². The van der Waals surface area contributed by atoms with E-state index in [4.69, 9.17) is 13.1 Å². The number of hydrogen-bond donors (Lipinski definition) is 0. The van der Waals surface area contributed by atoms with Crippen LogP contribution in [-0.2, 0) is 0 Å². The van der Waals surface area contributed by atoms with Crippen LogP contribution in [0.4, 0.5) is 28.4 Å². The van der Waals surface area contributed by atoms with Crippen molar-refractivity contribution in [2.45, 2.75) is 33.9 Å². The van der Waals surface area contributed by atoms with Crippen molar-refractivity contribution in [1.29, 1.82) is 0 Å². The summed E-state index contributed by atoms with van der Waals surface area (Å²) in [6.45, 7) is 23.3. The molecule has 0 saturated carbocycles. The Labute approximate surface area is 143 Å². The minimum Gasteiger partial charge on any atom is -0.355 e. The maximum absolute atomic E-state index is 7.59. The van der Waals surface area contributed by atoms with Crippen molar-refractivity contribution < 1.29 is 0 Å². The lowest BCUT2D eigenvalue weighted by Crippen LogP contribution is -2.36. The summed E-state index contributed by atoms with van der Waals surface area (Å²) in [7, 11) is 2.02. The van der Waals surface area contributed by atoms with Crippen LogP contribution in [0.15, 0.2) is 24.3 Å². The average Bonchev–Trinajstić information content (AvgIpc) is 2.78. The zero-order valence-corrected chi connectivity index (χ0v) is 14.7. The van der Waals surface area contributed by atoms with Crippen molar-refractivity contribution in [1.82, 2.24) is 0 Å². The van der Waals surface area contributed by atoms with Gasteiger partial charge in [-0.1, -0.05) is 17.7 Å². The molecule has 0 unspecified atom stereocenters. The lowest BCUT2D eigenvalue weighted by molar-refractivity contribution is 0.731. The number of fused-ring (bicyclic) bond motifs is 1. The minimum absolute atomic E-state index is 0.0848. The summed E-state index contributed by atoms with van der Waals surface area (Å²) in [6.07, 6.45) is 0.0848. The smallest absolute Gasteiger partial charge is 0.202 e. The number of aryl methyl sites for hydroxylation is 3. The SMILES string of the molecule is [C-]#[N+]c1cc([N+]#[C-])c2c(c1)N(C)[C@H](C)N2c1c(C)cc(C)cc1C. The first-order valence-electron chi connectivity index (χ1n) is 7.92. The van der Waals surface area contributed by atoms with E-state index in [1.165, 1.54) is 16.7 Å². The fourth-order valence-corrected chi connectivity index (χ4v) is 3.67. The van der Waals surface area contributed by atoms with Gasteiger partial charge in [-0.3, -0.25) is 0 Å². The molecule has 3 rings (SSSR count). The maximum atomic E-state index is 7.59. The summed E-state index contributed by atoms with van der Waals surface area (Å²) < 4.78 is 0. The van der Waals surface area contributed by atoms with Crippen molar-refractivity contribution >= 4 is 28.4 Å². The van der Waals surface area contributed by atoms with Crippen LogP contribution in [0, 0.1) is 33.9 Å². The first kappa shape index (κ1) is 15.9. The molecule has 0 bridgehead atoms. The van der Waals surface area contributed by atoms with Crippen molar-refractivity contribution in [3.63, 3.8) is 0 Å².